The van der Waals surface area contributed by atoms with Crippen LogP contribution in [-0.2, 0) is 6.54 Å². The number of nitrogens with one attached hydrogen (secondary N) is 1. The first-order valence-electron chi connectivity index (χ1n) is 6.22. The first-order valence-corrected chi connectivity index (χ1v) is 6.22. The molecule has 0 aliphatic carbocycles. The normalized spacial score (nSPS) is 10.7. The second kappa shape index (κ2) is 4.61. The Hall–Kier alpha value is -2.55. The summed E-state index contributed by atoms with van der Waals surface area (Å²) in [6.45, 7) is 4.49. The van der Waals surface area contributed by atoms with E-state index in [4.69, 9.17) is 5.41 Å². The number of hydrogen-bond donors (Lipinski definition) is 1. The topological polar surface area (TPSA) is 33.7 Å². The Morgan fingerprint density at radius 3 is 2.26 bits per heavy atom. The van der Waals surface area contributed by atoms with E-state index in [1.165, 1.54) is 5.56 Å². The van der Waals surface area contributed by atoms with Gasteiger partial charge in [0.15, 0.2) is 0 Å². The van der Waals surface area contributed by atoms with Gasteiger partial charge in [-0.3, -0.25) is 9.98 Å². The van der Waals surface area contributed by atoms with Crippen molar-refractivity contribution in [3.8, 4) is 0 Å². The van der Waals surface area contributed by atoms with Crippen molar-refractivity contribution in [3.63, 3.8) is 0 Å². The SMILES string of the molecule is C=Cn1c(=N)n(Cc2ccccc2)c2ccccc21. The monoisotopic (exact) mass is 249 g/mol. The molecule has 0 bridgehead atoms. The Balaban J connectivity index is 2.21. The van der Waals surface area contributed by atoms with E-state index in [0.29, 0.717) is 12.2 Å². The van der Waals surface area contributed by atoms with Crippen LogP contribution in [0, 0.1) is 5.41 Å². The zero-order valence-electron chi connectivity index (χ0n) is 10.6. The molecule has 19 heavy (non-hydrogen) atoms. The van der Waals surface area contributed by atoms with Gasteiger partial charge in [-0.1, -0.05) is 49.0 Å². The molecule has 3 nitrogen and oxygen atoms in total. The Bertz CT molecular complexity index is 779. The summed E-state index contributed by atoms with van der Waals surface area (Å²) >= 11 is 0. The lowest BCUT2D eigenvalue weighted by Crippen LogP contribution is -2.22. The fourth-order valence-electron chi connectivity index (χ4n) is 2.37. The number of nitrogens with zero attached hydrogens (tertiary/aromatic N) is 2. The quantitative estimate of drug-likeness (QED) is 0.740. The maximum atomic E-state index is 8.28. The van der Waals surface area contributed by atoms with E-state index in [0.717, 1.165) is 11.0 Å². The third-order valence-electron chi connectivity index (χ3n) is 3.28. The van der Waals surface area contributed by atoms with Crippen molar-refractivity contribution in [2.45, 2.75) is 6.54 Å². The summed E-state index contributed by atoms with van der Waals surface area (Å²) in [6, 6.07) is 18.2. The summed E-state index contributed by atoms with van der Waals surface area (Å²) in [4.78, 5) is 0. The van der Waals surface area contributed by atoms with Crippen LogP contribution in [-0.4, -0.2) is 9.13 Å². The van der Waals surface area contributed by atoms with Crippen LogP contribution in [0.5, 0.6) is 0 Å². The highest BCUT2D eigenvalue weighted by molar-refractivity contribution is 5.77. The molecule has 1 N–H and O–H groups in total. The zero-order chi connectivity index (χ0) is 13.2. The van der Waals surface area contributed by atoms with Crippen LogP contribution >= 0.6 is 0 Å². The molecule has 3 aromatic rings. The number of rotatable bonds is 3. The van der Waals surface area contributed by atoms with Crippen LogP contribution in [0.4, 0.5) is 0 Å². The zero-order valence-corrected chi connectivity index (χ0v) is 10.6. The van der Waals surface area contributed by atoms with E-state index in [1.54, 1.807) is 10.8 Å². The average Bonchev–Trinajstić information content (AvgIpc) is 2.73. The van der Waals surface area contributed by atoms with Crippen molar-refractivity contribution in [2.24, 2.45) is 0 Å². The summed E-state index contributed by atoms with van der Waals surface area (Å²) in [5.74, 6) is 0. The summed E-state index contributed by atoms with van der Waals surface area (Å²) < 4.78 is 3.80. The highest BCUT2D eigenvalue weighted by Gasteiger charge is 2.08. The number of imidazole rings is 1. The molecule has 0 spiro atoms. The van der Waals surface area contributed by atoms with Gasteiger partial charge >= 0.3 is 0 Å². The molecule has 0 saturated heterocycles. The Morgan fingerprint density at radius 1 is 0.947 bits per heavy atom. The van der Waals surface area contributed by atoms with Crippen LogP contribution < -0.4 is 5.62 Å². The first kappa shape index (κ1) is 11.5. The Morgan fingerprint density at radius 2 is 1.58 bits per heavy atom. The van der Waals surface area contributed by atoms with Gasteiger partial charge in [-0.2, -0.15) is 0 Å². The van der Waals surface area contributed by atoms with Crippen LogP contribution in [0.2, 0.25) is 0 Å². The maximum Gasteiger partial charge on any atom is 0.207 e. The number of aromatic nitrogens is 2. The molecule has 0 aliphatic rings. The fraction of sp³-hybridized carbons (Fsp3) is 0.0625. The van der Waals surface area contributed by atoms with E-state index < -0.39 is 0 Å². The summed E-state index contributed by atoms with van der Waals surface area (Å²) in [6.07, 6.45) is 1.69. The van der Waals surface area contributed by atoms with Crippen molar-refractivity contribution in [3.05, 3.63) is 72.4 Å². The number of para-hydroxylation sites is 2. The van der Waals surface area contributed by atoms with Gasteiger partial charge in [0, 0.05) is 6.20 Å². The van der Waals surface area contributed by atoms with Crippen molar-refractivity contribution in [1.29, 1.82) is 5.41 Å². The Kier molecular flexibility index (Phi) is 2.80. The summed E-state index contributed by atoms with van der Waals surface area (Å²) in [5.41, 5.74) is 3.70. The predicted octanol–water partition coefficient (Wildman–Crippen LogP) is 3.07. The first-order chi connectivity index (χ1) is 9.31. The third-order valence-corrected chi connectivity index (χ3v) is 3.28. The molecule has 94 valence electrons. The Labute approximate surface area is 111 Å². The molecule has 0 amide bonds. The second-order valence-electron chi connectivity index (χ2n) is 4.44. The molecule has 1 heterocycles. The standard InChI is InChI=1S/C16H15N3/c1-2-18-14-10-6-7-11-15(14)19(16(18)17)12-13-8-4-3-5-9-13/h2-11,17H,1,12H2. The van der Waals surface area contributed by atoms with Crippen LogP contribution in [0.15, 0.2) is 61.2 Å². The lowest BCUT2D eigenvalue weighted by Gasteiger charge is -2.04. The molecular formula is C16H15N3. The average molecular weight is 249 g/mol. The summed E-state index contributed by atoms with van der Waals surface area (Å²) in [7, 11) is 0. The smallest absolute Gasteiger partial charge is 0.207 e. The van der Waals surface area contributed by atoms with E-state index in [2.05, 4.69) is 18.7 Å². The second-order valence-corrected chi connectivity index (χ2v) is 4.44. The van der Waals surface area contributed by atoms with Crippen LogP contribution in [0.25, 0.3) is 17.2 Å². The minimum Gasteiger partial charge on any atom is -0.306 e. The van der Waals surface area contributed by atoms with Gasteiger partial charge in [-0.15, -0.1) is 0 Å². The minimum absolute atomic E-state index is 0.444. The molecule has 1 aromatic heterocycles. The van der Waals surface area contributed by atoms with Crippen molar-refractivity contribution in [1.82, 2.24) is 9.13 Å². The van der Waals surface area contributed by atoms with Gasteiger partial charge in [0.2, 0.25) is 5.62 Å². The van der Waals surface area contributed by atoms with E-state index in [1.807, 2.05) is 47.0 Å². The van der Waals surface area contributed by atoms with E-state index in [9.17, 15) is 0 Å². The highest BCUT2D eigenvalue weighted by Crippen LogP contribution is 2.14. The number of fused-ring (bicyclic) bond motifs is 1. The van der Waals surface area contributed by atoms with Gasteiger partial charge in [0.25, 0.3) is 0 Å². The predicted molar refractivity (Wildman–Crippen MR) is 77.7 cm³/mol. The van der Waals surface area contributed by atoms with Crippen molar-refractivity contribution in [2.75, 3.05) is 0 Å². The fourth-order valence-corrected chi connectivity index (χ4v) is 2.37. The van der Waals surface area contributed by atoms with E-state index in [-0.39, 0.29) is 0 Å². The number of hydrogen-bond acceptors (Lipinski definition) is 1. The lowest BCUT2D eigenvalue weighted by molar-refractivity contribution is 0.732. The molecule has 0 aliphatic heterocycles. The van der Waals surface area contributed by atoms with Gasteiger partial charge in [0.05, 0.1) is 17.6 Å². The van der Waals surface area contributed by atoms with Crippen LogP contribution in [0.3, 0.4) is 0 Å². The minimum atomic E-state index is 0.444. The molecule has 0 radical (unpaired) electrons. The van der Waals surface area contributed by atoms with Gasteiger partial charge in [0.1, 0.15) is 0 Å². The number of benzene rings is 2. The molecule has 2 aromatic carbocycles. The van der Waals surface area contributed by atoms with Gasteiger partial charge < -0.3 is 4.57 Å². The van der Waals surface area contributed by atoms with Crippen LogP contribution in [0.1, 0.15) is 5.56 Å². The molecule has 0 unspecified atom stereocenters. The van der Waals surface area contributed by atoms with E-state index >= 15 is 0 Å². The molecule has 0 saturated carbocycles. The molecule has 0 fully saturated rings. The largest absolute Gasteiger partial charge is 0.306 e. The highest BCUT2D eigenvalue weighted by atomic mass is 15.2. The maximum absolute atomic E-state index is 8.28. The molecule has 0 atom stereocenters. The third kappa shape index (κ3) is 1.89. The van der Waals surface area contributed by atoms with Gasteiger partial charge in [-0.05, 0) is 17.7 Å². The van der Waals surface area contributed by atoms with Gasteiger partial charge in [-0.25, -0.2) is 0 Å². The molecular weight excluding hydrogens is 234 g/mol. The van der Waals surface area contributed by atoms with Crippen molar-refractivity contribution < 1.29 is 0 Å². The molecule has 3 rings (SSSR count). The lowest BCUT2D eigenvalue weighted by atomic mass is 10.2. The van der Waals surface area contributed by atoms with Crippen molar-refractivity contribution >= 4 is 17.2 Å². The molecule has 3 heteroatoms. The summed E-state index contributed by atoms with van der Waals surface area (Å²) in [5, 5.41) is 8.28.